The van der Waals surface area contributed by atoms with E-state index in [0.29, 0.717) is 17.7 Å². The fraction of sp³-hybridized carbons (Fsp3) is 0.450. The zero-order chi connectivity index (χ0) is 19.8. The average molecular weight is 382 g/mol. The van der Waals surface area contributed by atoms with Crippen LogP contribution in [0.2, 0.25) is 0 Å². The summed E-state index contributed by atoms with van der Waals surface area (Å²) < 4.78 is 3.37. The molecule has 1 aliphatic heterocycles. The molecule has 1 aromatic carbocycles. The van der Waals surface area contributed by atoms with Crippen LogP contribution in [-0.4, -0.2) is 56.7 Å². The van der Waals surface area contributed by atoms with Gasteiger partial charge in [0.05, 0.1) is 6.54 Å². The van der Waals surface area contributed by atoms with Gasteiger partial charge in [-0.05, 0) is 24.6 Å². The first-order chi connectivity index (χ1) is 13.5. The van der Waals surface area contributed by atoms with E-state index in [9.17, 15) is 9.59 Å². The molecule has 8 nitrogen and oxygen atoms in total. The van der Waals surface area contributed by atoms with Crippen LogP contribution in [0.4, 0.5) is 5.95 Å². The zero-order valence-corrected chi connectivity index (χ0v) is 16.6. The summed E-state index contributed by atoms with van der Waals surface area (Å²) in [7, 11) is 1.64. The topological polar surface area (TPSA) is 79.2 Å². The van der Waals surface area contributed by atoms with E-state index in [2.05, 4.69) is 40.8 Å². The molecule has 1 saturated heterocycles. The smallest absolute Gasteiger partial charge is 0.329 e. The van der Waals surface area contributed by atoms with Crippen LogP contribution in [0.25, 0.3) is 11.2 Å². The van der Waals surface area contributed by atoms with Gasteiger partial charge in [-0.2, -0.15) is 4.98 Å². The Kier molecular flexibility index (Phi) is 4.80. The second-order valence-corrected chi connectivity index (χ2v) is 7.34. The average Bonchev–Trinajstić information content (AvgIpc) is 3.08. The summed E-state index contributed by atoms with van der Waals surface area (Å²) in [5.74, 6) is 0.751. The molecule has 1 fully saturated rings. The van der Waals surface area contributed by atoms with Crippen LogP contribution < -0.4 is 16.1 Å². The minimum absolute atomic E-state index is 0.391. The molecular formula is C20H26N6O2. The Labute approximate surface area is 163 Å². The van der Waals surface area contributed by atoms with Crippen LogP contribution >= 0.6 is 0 Å². The van der Waals surface area contributed by atoms with Gasteiger partial charge in [0.25, 0.3) is 5.56 Å². The van der Waals surface area contributed by atoms with Crippen molar-refractivity contribution in [1.29, 1.82) is 0 Å². The van der Waals surface area contributed by atoms with E-state index in [1.165, 1.54) is 4.57 Å². The number of nitrogens with zero attached hydrogens (tertiary/aromatic N) is 5. The van der Waals surface area contributed by atoms with Crippen LogP contribution in [-0.2, 0) is 13.6 Å². The van der Waals surface area contributed by atoms with Gasteiger partial charge < -0.3 is 9.80 Å². The van der Waals surface area contributed by atoms with Gasteiger partial charge in [-0.15, -0.1) is 0 Å². The van der Waals surface area contributed by atoms with Crippen molar-refractivity contribution in [2.45, 2.75) is 20.4 Å². The van der Waals surface area contributed by atoms with Crippen LogP contribution in [0.15, 0.2) is 33.9 Å². The molecule has 28 heavy (non-hydrogen) atoms. The number of aromatic nitrogens is 4. The van der Waals surface area contributed by atoms with Crippen molar-refractivity contribution in [3.8, 4) is 0 Å². The third kappa shape index (κ3) is 3.13. The molecular weight excluding hydrogens is 356 g/mol. The molecule has 0 amide bonds. The molecule has 3 heterocycles. The number of nitrogens with one attached hydrogen (secondary N) is 1. The molecule has 0 aliphatic carbocycles. The number of hydrogen-bond acceptors (Lipinski definition) is 5. The van der Waals surface area contributed by atoms with Crippen molar-refractivity contribution in [1.82, 2.24) is 24.0 Å². The zero-order valence-electron chi connectivity index (χ0n) is 16.6. The monoisotopic (exact) mass is 382 g/mol. The Bertz CT molecular complexity index is 1120. The van der Waals surface area contributed by atoms with E-state index in [-0.39, 0.29) is 0 Å². The number of anilines is 1. The standard InChI is InChI=1S/C20H26N6O2/c1-4-24-9-11-25(12-10-24)19-21-17-16(18(27)22-20(28)23(17)3)26(19)13-15-8-6-5-7-14(15)2/h5-8H,4,9-13H2,1-3H3,(H,22,27,28). The third-order valence-corrected chi connectivity index (χ3v) is 5.68. The van der Waals surface area contributed by atoms with Gasteiger partial charge >= 0.3 is 5.69 Å². The number of imidazole rings is 1. The number of hydrogen-bond donors (Lipinski definition) is 1. The first-order valence-electron chi connectivity index (χ1n) is 9.71. The van der Waals surface area contributed by atoms with E-state index in [0.717, 1.165) is 49.8 Å². The van der Waals surface area contributed by atoms with Gasteiger partial charge in [-0.3, -0.25) is 18.9 Å². The van der Waals surface area contributed by atoms with E-state index < -0.39 is 11.2 Å². The highest BCUT2D eigenvalue weighted by Gasteiger charge is 2.24. The Hall–Kier alpha value is -2.87. The fourth-order valence-electron chi connectivity index (χ4n) is 3.84. The molecule has 0 spiro atoms. The third-order valence-electron chi connectivity index (χ3n) is 5.68. The highest BCUT2D eigenvalue weighted by atomic mass is 16.2. The molecule has 1 N–H and O–H groups in total. The number of likely N-dealkylation sites (N-methyl/N-ethyl adjacent to an activating group) is 1. The number of benzene rings is 1. The molecule has 2 aromatic heterocycles. The lowest BCUT2D eigenvalue weighted by atomic mass is 10.1. The molecule has 148 valence electrons. The first-order valence-corrected chi connectivity index (χ1v) is 9.71. The predicted molar refractivity (Wildman–Crippen MR) is 110 cm³/mol. The van der Waals surface area contributed by atoms with Crippen molar-refractivity contribution < 1.29 is 0 Å². The first kappa shape index (κ1) is 18.5. The van der Waals surface area contributed by atoms with Gasteiger partial charge in [0.15, 0.2) is 11.2 Å². The SMILES string of the molecule is CCN1CCN(c2nc3c(c(=O)[nH]c(=O)n3C)n2Cc2ccccc2C)CC1. The number of rotatable bonds is 4. The second kappa shape index (κ2) is 7.27. The summed E-state index contributed by atoms with van der Waals surface area (Å²) in [6.07, 6.45) is 0. The van der Waals surface area contributed by atoms with E-state index in [1.54, 1.807) is 7.05 Å². The Morgan fingerprint density at radius 2 is 1.82 bits per heavy atom. The molecule has 0 saturated carbocycles. The summed E-state index contributed by atoms with van der Waals surface area (Å²) in [6, 6.07) is 8.14. The largest absolute Gasteiger partial charge is 0.340 e. The van der Waals surface area contributed by atoms with E-state index in [1.807, 2.05) is 16.7 Å². The summed E-state index contributed by atoms with van der Waals surface area (Å²) in [5.41, 5.74) is 2.32. The molecule has 0 atom stereocenters. The number of piperazine rings is 1. The highest BCUT2D eigenvalue weighted by molar-refractivity contribution is 5.74. The fourth-order valence-corrected chi connectivity index (χ4v) is 3.84. The number of H-pyrrole nitrogens is 1. The lowest BCUT2D eigenvalue weighted by Crippen LogP contribution is -2.47. The van der Waals surface area contributed by atoms with Gasteiger partial charge in [-0.25, -0.2) is 4.79 Å². The number of aromatic amines is 1. The van der Waals surface area contributed by atoms with Crippen molar-refractivity contribution >= 4 is 17.1 Å². The summed E-state index contributed by atoms with van der Waals surface area (Å²) >= 11 is 0. The second-order valence-electron chi connectivity index (χ2n) is 7.34. The number of fused-ring (bicyclic) bond motifs is 1. The maximum Gasteiger partial charge on any atom is 0.329 e. The van der Waals surface area contributed by atoms with Crippen LogP contribution in [0.1, 0.15) is 18.1 Å². The maximum atomic E-state index is 12.7. The molecule has 4 rings (SSSR count). The van der Waals surface area contributed by atoms with Crippen LogP contribution in [0.3, 0.4) is 0 Å². The van der Waals surface area contributed by atoms with Crippen molar-refractivity contribution in [3.63, 3.8) is 0 Å². The molecule has 0 unspecified atom stereocenters. The van der Waals surface area contributed by atoms with Gasteiger partial charge in [-0.1, -0.05) is 31.2 Å². The normalized spacial score (nSPS) is 15.5. The lowest BCUT2D eigenvalue weighted by molar-refractivity contribution is 0.269. The molecule has 1 aliphatic rings. The van der Waals surface area contributed by atoms with Gasteiger partial charge in [0.1, 0.15) is 0 Å². The highest BCUT2D eigenvalue weighted by Crippen LogP contribution is 2.23. The van der Waals surface area contributed by atoms with Crippen molar-refractivity contribution in [2.75, 3.05) is 37.6 Å². The summed E-state index contributed by atoms with van der Waals surface area (Å²) in [4.78, 5) is 36.5. The molecule has 0 radical (unpaired) electrons. The Morgan fingerprint density at radius 3 is 2.50 bits per heavy atom. The maximum absolute atomic E-state index is 12.7. The minimum atomic E-state index is -0.444. The van der Waals surface area contributed by atoms with Crippen LogP contribution in [0, 0.1) is 6.92 Å². The minimum Gasteiger partial charge on any atom is -0.340 e. The lowest BCUT2D eigenvalue weighted by Gasteiger charge is -2.34. The number of aryl methyl sites for hydroxylation is 2. The van der Waals surface area contributed by atoms with Gasteiger partial charge in [0, 0.05) is 33.2 Å². The molecule has 3 aromatic rings. The van der Waals surface area contributed by atoms with Crippen LogP contribution in [0.5, 0.6) is 0 Å². The Morgan fingerprint density at radius 1 is 1.11 bits per heavy atom. The van der Waals surface area contributed by atoms with E-state index in [4.69, 9.17) is 4.98 Å². The quantitative estimate of drug-likeness (QED) is 0.726. The van der Waals surface area contributed by atoms with E-state index >= 15 is 0 Å². The predicted octanol–water partition coefficient (Wildman–Crippen LogP) is 0.922. The van der Waals surface area contributed by atoms with Gasteiger partial charge in [0.2, 0.25) is 5.95 Å². The Balaban J connectivity index is 1.87. The summed E-state index contributed by atoms with van der Waals surface area (Å²) in [5, 5.41) is 0. The summed E-state index contributed by atoms with van der Waals surface area (Å²) in [6.45, 7) is 9.40. The molecule has 8 heteroatoms. The molecule has 0 bridgehead atoms. The van der Waals surface area contributed by atoms with Crippen molar-refractivity contribution in [2.24, 2.45) is 7.05 Å². The van der Waals surface area contributed by atoms with Crippen molar-refractivity contribution in [3.05, 3.63) is 56.2 Å².